The number of carboxylic acids is 1. The van der Waals surface area contributed by atoms with Crippen molar-refractivity contribution < 1.29 is 33.6 Å². The average molecular weight is 370 g/mol. The molecule has 0 aliphatic carbocycles. The molecule has 0 radical (unpaired) electrons. The summed E-state index contributed by atoms with van der Waals surface area (Å²) in [5, 5.41) is 11.1. The van der Waals surface area contributed by atoms with Gasteiger partial charge < -0.3 is 29.4 Å². The number of rotatable bonds is 18. The van der Waals surface area contributed by atoms with Gasteiger partial charge in [0.25, 0.3) is 0 Å². The highest BCUT2D eigenvalue weighted by Gasteiger charge is 2.03. The zero-order valence-electron chi connectivity index (χ0n) is 14.0. The minimum atomic E-state index is -0.974. The minimum Gasteiger partial charge on any atom is -0.481 e. The standard InChI is InChI=1S/C15H28ClNO7/c16-4-7-22-9-11-24-13-12-23-10-8-21-6-1-5-17-14(18)2-3-15(19)20/h1-13H2,(H,17,18)(H,19,20). The molecule has 2 N–H and O–H groups in total. The summed E-state index contributed by atoms with van der Waals surface area (Å²) in [5.74, 6) is -0.743. The van der Waals surface area contributed by atoms with Crippen LogP contribution in [-0.2, 0) is 28.5 Å². The summed E-state index contributed by atoms with van der Waals surface area (Å²) in [4.78, 5) is 21.5. The van der Waals surface area contributed by atoms with E-state index in [4.69, 9.17) is 35.7 Å². The van der Waals surface area contributed by atoms with Gasteiger partial charge in [0.1, 0.15) is 0 Å². The third-order valence-electron chi connectivity index (χ3n) is 2.69. The van der Waals surface area contributed by atoms with Crippen LogP contribution >= 0.6 is 11.6 Å². The Morgan fingerprint density at radius 2 is 1.29 bits per heavy atom. The van der Waals surface area contributed by atoms with Crippen molar-refractivity contribution in [1.29, 1.82) is 0 Å². The van der Waals surface area contributed by atoms with E-state index in [9.17, 15) is 9.59 Å². The summed E-state index contributed by atoms with van der Waals surface area (Å²) in [6.45, 7) is 4.53. The number of hydrogen-bond donors (Lipinski definition) is 2. The van der Waals surface area contributed by atoms with Crippen LogP contribution < -0.4 is 5.32 Å². The van der Waals surface area contributed by atoms with Crippen LogP contribution in [0.5, 0.6) is 0 Å². The quantitative estimate of drug-likeness (QED) is 0.270. The first-order valence-electron chi connectivity index (χ1n) is 8.02. The molecule has 0 unspecified atom stereocenters. The maximum atomic E-state index is 11.2. The van der Waals surface area contributed by atoms with Gasteiger partial charge in [-0.15, -0.1) is 11.6 Å². The monoisotopic (exact) mass is 369 g/mol. The number of carbonyl (C=O) groups excluding carboxylic acids is 1. The van der Waals surface area contributed by atoms with E-state index in [2.05, 4.69) is 5.32 Å². The SMILES string of the molecule is O=C(O)CCC(=O)NCCCOCCOCCOCCOCCCl. The molecule has 0 spiro atoms. The minimum absolute atomic E-state index is 0.00490. The number of halogens is 1. The molecule has 0 fully saturated rings. The molecule has 0 saturated carbocycles. The van der Waals surface area contributed by atoms with Gasteiger partial charge >= 0.3 is 5.97 Å². The highest BCUT2D eigenvalue weighted by Crippen LogP contribution is 1.89. The van der Waals surface area contributed by atoms with Crippen molar-refractivity contribution in [3.8, 4) is 0 Å². The van der Waals surface area contributed by atoms with Crippen LogP contribution in [0.15, 0.2) is 0 Å². The van der Waals surface area contributed by atoms with Gasteiger partial charge in [-0.05, 0) is 6.42 Å². The molecule has 9 heteroatoms. The smallest absolute Gasteiger partial charge is 0.303 e. The highest BCUT2D eigenvalue weighted by atomic mass is 35.5. The fourth-order valence-corrected chi connectivity index (χ4v) is 1.64. The van der Waals surface area contributed by atoms with E-state index >= 15 is 0 Å². The van der Waals surface area contributed by atoms with Crippen LogP contribution in [0.3, 0.4) is 0 Å². The van der Waals surface area contributed by atoms with Gasteiger partial charge in [-0.25, -0.2) is 0 Å². The van der Waals surface area contributed by atoms with Crippen molar-refractivity contribution in [2.45, 2.75) is 19.3 Å². The van der Waals surface area contributed by atoms with Gasteiger partial charge in [-0.2, -0.15) is 0 Å². The van der Waals surface area contributed by atoms with Gasteiger partial charge in [0, 0.05) is 25.5 Å². The summed E-state index contributed by atoms with van der Waals surface area (Å²) in [6, 6.07) is 0. The molecule has 0 rings (SSSR count). The molecule has 0 aromatic rings. The summed E-state index contributed by atoms with van der Waals surface area (Å²) < 4.78 is 21.1. The zero-order chi connectivity index (χ0) is 17.9. The summed E-state index contributed by atoms with van der Waals surface area (Å²) >= 11 is 5.45. The molecular formula is C15H28ClNO7. The molecule has 0 aromatic carbocycles. The second-order valence-electron chi connectivity index (χ2n) is 4.74. The summed E-state index contributed by atoms with van der Waals surface area (Å²) in [5.41, 5.74) is 0. The van der Waals surface area contributed by atoms with E-state index in [0.717, 1.165) is 0 Å². The summed E-state index contributed by atoms with van der Waals surface area (Å²) in [7, 11) is 0. The van der Waals surface area contributed by atoms with Crippen molar-refractivity contribution in [1.82, 2.24) is 5.32 Å². The van der Waals surface area contributed by atoms with Crippen LogP contribution in [0.25, 0.3) is 0 Å². The fraction of sp³-hybridized carbons (Fsp3) is 0.867. The number of carbonyl (C=O) groups is 2. The average Bonchev–Trinajstić information content (AvgIpc) is 2.56. The zero-order valence-corrected chi connectivity index (χ0v) is 14.7. The normalized spacial score (nSPS) is 10.7. The highest BCUT2D eigenvalue weighted by molar-refractivity contribution is 6.17. The third-order valence-corrected chi connectivity index (χ3v) is 2.85. The number of hydrogen-bond acceptors (Lipinski definition) is 6. The van der Waals surface area contributed by atoms with Crippen LogP contribution in [0.2, 0.25) is 0 Å². The molecule has 142 valence electrons. The topological polar surface area (TPSA) is 103 Å². The first-order valence-corrected chi connectivity index (χ1v) is 8.55. The lowest BCUT2D eigenvalue weighted by Gasteiger charge is -2.07. The van der Waals surface area contributed by atoms with Gasteiger partial charge in [-0.1, -0.05) is 0 Å². The second kappa shape index (κ2) is 18.4. The van der Waals surface area contributed by atoms with Crippen LogP contribution in [0.4, 0.5) is 0 Å². The van der Waals surface area contributed by atoms with E-state index in [0.29, 0.717) is 71.7 Å². The Morgan fingerprint density at radius 1 is 0.792 bits per heavy atom. The van der Waals surface area contributed by atoms with E-state index in [1.165, 1.54) is 0 Å². The van der Waals surface area contributed by atoms with Crippen molar-refractivity contribution in [3.05, 3.63) is 0 Å². The van der Waals surface area contributed by atoms with E-state index in [1.807, 2.05) is 0 Å². The lowest BCUT2D eigenvalue weighted by atomic mass is 10.3. The van der Waals surface area contributed by atoms with Crippen LogP contribution in [0, 0.1) is 0 Å². The Labute approximate surface area is 147 Å². The number of ether oxygens (including phenoxy) is 4. The van der Waals surface area contributed by atoms with E-state index in [-0.39, 0.29) is 18.7 Å². The molecule has 0 aromatic heterocycles. The van der Waals surface area contributed by atoms with Crippen molar-refractivity contribution >= 4 is 23.5 Å². The molecular weight excluding hydrogens is 342 g/mol. The molecule has 8 nitrogen and oxygen atoms in total. The van der Waals surface area contributed by atoms with E-state index in [1.54, 1.807) is 0 Å². The maximum absolute atomic E-state index is 11.2. The second-order valence-corrected chi connectivity index (χ2v) is 5.11. The number of carboxylic acid groups (broad SMARTS) is 1. The molecule has 0 atom stereocenters. The Kier molecular flexibility index (Phi) is 17.7. The number of aliphatic carboxylic acids is 1. The van der Waals surface area contributed by atoms with Crippen LogP contribution in [0.1, 0.15) is 19.3 Å². The third kappa shape index (κ3) is 19.1. The Bertz CT molecular complexity index is 318. The lowest BCUT2D eigenvalue weighted by molar-refractivity contribution is -0.138. The first kappa shape index (κ1) is 23.1. The summed E-state index contributed by atoms with van der Waals surface area (Å²) in [6.07, 6.45) is 0.527. The molecule has 0 bridgehead atoms. The van der Waals surface area contributed by atoms with Gasteiger partial charge in [0.05, 0.1) is 52.7 Å². The number of alkyl halides is 1. The lowest BCUT2D eigenvalue weighted by Crippen LogP contribution is -2.25. The first-order chi connectivity index (χ1) is 11.7. The molecule has 0 saturated heterocycles. The fourth-order valence-electron chi connectivity index (χ4n) is 1.53. The Morgan fingerprint density at radius 3 is 1.79 bits per heavy atom. The predicted octanol–water partition coefficient (Wildman–Crippen LogP) is 0.663. The predicted molar refractivity (Wildman–Crippen MR) is 88.5 cm³/mol. The Balaban J connectivity index is 3.10. The van der Waals surface area contributed by atoms with Crippen molar-refractivity contribution in [2.24, 2.45) is 0 Å². The Hall–Kier alpha value is -0.930. The maximum Gasteiger partial charge on any atom is 0.303 e. The molecule has 0 aliphatic heterocycles. The van der Waals surface area contributed by atoms with E-state index < -0.39 is 5.97 Å². The molecule has 24 heavy (non-hydrogen) atoms. The van der Waals surface area contributed by atoms with Gasteiger partial charge in [0.2, 0.25) is 5.91 Å². The number of nitrogens with one attached hydrogen (secondary N) is 1. The van der Waals surface area contributed by atoms with Crippen molar-refractivity contribution in [2.75, 3.05) is 65.3 Å². The number of amides is 1. The molecule has 0 heterocycles. The van der Waals surface area contributed by atoms with Gasteiger partial charge in [0.15, 0.2) is 0 Å². The van der Waals surface area contributed by atoms with Gasteiger partial charge in [-0.3, -0.25) is 9.59 Å². The molecule has 1 amide bonds. The van der Waals surface area contributed by atoms with Crippen LogP contribution in [-0.4, -0.2) is 82.3 Å². The molecule has 0 aliphatic rings. The largest absolute Gasteiger partial charge is 0.481 e. The van der Waals surface area contributed by atoms with Crippen molar-refractivity contribution in [3.63, 3.8) is 0 Å².